The van der Waals surface area contributed by atoms with Gasteiger partial charge >= 0.3 is 0 Å². The van der Waals surface area contributed by atoms with E-state index in [0.29, 0.717) is 48.3 Å². The van der Waals surface area contributed by atoms with Crippen LogP contribution >= 0.6 is 11.6 Å². The number of benzene rings is 1. The van der Waals surface area contributed by atoms with Gasteiger partial charge in [-0.3, -0.25) is 9.59 Å². The van der Waals surface area contributed by atoms with E-state index in [4.69, 9.17) is 16.3 Å². The Hall–Kier alpha value is -2.80. The van der Waals surface area contributed by atoms with Gasteiger partial charge in [0, 0.05) is 38.1 Å². The van der Waals surface area contributed by atoms with E-state index >= 15 is 0 Å². The van der Waals surface area contributed by atoms with Crippen molar-refractivity contribution in [2.45, 2.75) is 0 Å². The molecule has 3 rings (SSSR count). The summed E-state index contributed by atoms with van der Waals surface area (Å²) in [5.41, 5.74) is 1.29. The quantitative estimate of drug-likeness (QED) is 0.813. The van der Waals surface area contributed by atoms with Gasteiger partial charge in [-0.05, 0) is 30.3 Å². The third-order valence-corrected chi connectivity index (χ3v) is 4.48. The Labute approximate surface area is 156 Å². The zero-order valence-corrected chi connectivity index (χ0v) is 15.1. The summed E-state index contributed by atoms with van der Waals surface area (Å²) in [7, 11) is 1.56. The maximum absolute atomic E-state index is 12.5. The first-order chi connectivity index (χ1) is 12.6. The lowest BCUT2D eigenvalue weighted by Crippen LogP contribution is -2.48. The van der Waals surface area contributed by atoms with Crippen LogP contribution in [-0.2, 0) is 4.79 Å². The second kappa shape index (κ2) is 8.05. The second-order valence-corrected chi connectivity index (χ2v) is 6.25. The molecule has 2 aromatic rings. The van der Waals surface area contributed by atoms with E-state index in [1.165, 1.54) is 0 Å². The molecule has 26 heavy (non-hydrogen) atoms. The Kier molecular flexibility index (Phi) is 5.58. The van der Waals surface area contributed by atoms with Gasteiger partial charge in [-0.1, -0.05) is 11.6 Å². The van der Waals surface area contributed by atoms with Crippen LogP contribution in [0.25, 0.3) is 0 Å². The van der Waals surface area contributed by atoms with Crippen LogP contribution in [0.2, 0.25) is 5.02 Å². The number of aromatic nitrogens is 1. The number of rotatable bonds is 5. The standard InChI is InChI=1S/C18H19ClN4O3/c1-26-16-4-3-14(10-15(16)19)21-17-5-2-13(11-20-17)18(25)23-8-6-22(12-24)7-9-23/h2-5,10-12H,6-9H2,1H3,(H,20,21). The van der Waals surface area contributed by atoms with Gasteiger partial charge in [0.05, 0.1) is 17.7 Å². The highest BCUT2D eigenvalue weighted by atomic mass is 35.5. The van der Waals surface area contributed by atoms with E-state index in [9.17, 15) is 9.59 Å². The maximum Gasteiger partial charge on any atom is 0.255 e. The van der Waals surface area contributed by atoms with Crippen LogP contribution in [0.3, 0.4) is 0 Å². The van der Waals surface area contributed by atoms with Gasteiger partial charge in [0.1, 0.15) is 11.6 Å². The summed E-state index contributed by atoms with van der Waals surface area (Å²) in [6, 6.07) is 8.81. The van der Waals surface area contributed by atoms with Crippen molar-refractivity contribution in [1.29, 1.82) is 0 Å². The first kappa shape index (κ1) is 18.0. The van der Waals surface area contributed by atoms with Gasteiger partial charge < -0.3 is 19.9 Å². The SMILES string of the molecule is COc1ccc(Nc2ccc(C(=O)N3CCN(C=O)CC3)cn2)cc1Cl. The average molecular weight is 375 g/mol. The summed E-state index contributed by atoms with van der Waals surface area (Å²) in [6.07, 6.45) is 2.36. The molecule has 0 atom stereocenters. The number of halogens is 1. The van der Waals surface area contributed by atoms with Gasteiger partial charge in [-0.25, -0.2) is 4.98 Å². The van der Waals surface area contributed by atoms with Crippen LogP contribution in [0.15, 0.2) is 36.5 Å². The molecule has 0 unspecified atom stereocenters. The van der Waals surface area contributed by atoms with E-state index in [0.717, 1.165) is 12.1 Å². The second-order valence-electron chi connectivity index (χ2n) is 5.84. The summed E-state index contributed by atoms with van der Waals surface area (Å²) in [5.74, 6) is 1.12. The smallest absolute Gasteiger partial charge is 0.255 e. The highest BCUT2D eigenvalue weighted by Gasteiger charge is 2.21. The number of nitrogens with zero attached hydrogens (tertiary/aromatic N) is 3. The molecular weight excluding hydrogens is 356 g/mol. The molecule has 0 bridgehead atoms. The molecule has 0 saturated carbocycles. The van der Waals surface area contributed by atoms with Crippen molar-refractivity contribution in [2.75, 3.05) is 38.6 Å². The number of anilines is 2. The number of pyridine rings is 1. The minimum Gasteiger partial charge on any atom is -0.495 e. The highest BCUT2D eigenvalue weighted by Crippen LogP contribution is 2.28. The Morgan fingerprint density at radius 2 is 2.00 bits per heavy atom. The summed E-state index contributed by atoms with van der Waals surface area (Å²) < 4.78 is 5.12. The molecule has 1 aromatic carbocycles. The van der Waals surface area contributed by atoms with Gasteiger partial charge in [0.15, 0.2) is 0 Å². The molecule has 1 N–H and O–H groups in total. The largest absolute Gasteiger partial charge is 0.495 e. The molecule has 2 amide bonds. The highest BCUT2D eigenvalue weighted by molar-refractivity contribution is 6.32. The molecular formula is C18H19ClN4O3. The van der Waals surface area contributed by atoms with Crippen molar-refractivity contribution in [2.24, 2.45) is 0 Å². The maximum atomic E-state index is 12.5. The fourth-order valence-electron chi connectivity index (χ4n) is 2.70. The fraction of sp³-hybridized carbons (Fsp3) is 0.278. The number of amides is 2. The topological polar surface area (TPSA) is 74.8 Å². The minimum absolute atomic E-state index is 0.0814. The zero-order valence-electron chi connectivity index (χ0n) is 14.3. The molecule has 2 heterocycles. The number of nitrogens with one attached hydrogen (secondary N) is 1. The van der Waals surface area contributed by atoms with Gasteiger partial charge in [-0.2, -0.15) is 0 Å². The number of carbonyl (C=O) groups excluding carboxylic acids is 2. The lowest BCUT2D eigenvalue weighted by molar-refractivity contribution is -0.119. The summed E-state index contributed by atoms with van der Waals surface area (Å²) in [5, 5.41) is 3.63. The first-order valence-corrected chi connectivity index (χ1v) is 8.54. The third kappa shape index (κ3) is 4.05. The van der Waals surface area contributed by atoms with Crippen LogP contribution in [0.5, 0.6) is 5.75 Å². The number of hydrogen-bond acceptors (Lipinski definition) is 5. The van der Waals surface area contributed by atoms with Crippen molar-refractivity contribution in [3.8, 4) is 5.75 Å². The first-order valence-electron chi connectivity index (χ1n) is 8.16. The molecule has 1 fully saturated rings. The molecule has 0 radical (unpaired) electrons. The lowest BCUT2D eigenvalue weighted by atomic mass is 10.2. The number of ether oxygens (including phenoxy) is 1. The van der Waals surface area contributed by atoms with Crippen LogP contribution in [0.1, 0.15) is 10.4 Å². The molecule has 7 nitrogen and oxygen atoms in total. The van der Waals surface area contributed by atoms with E-state index in [1.54, 1.807) is 47.4 Å². The van der Waals surface area contributed by atoms with Crippen LogP contribution < -0.4 is 10.1 Å². The van der Waals surface area contributed by atoms with E-state index in [-0.39, 0.29) is 5.91 Å². The summed E-state index contributed by atoms with van der Waals surface area (Å²) in [4.78, 5) is 30.9. The predicted molar refractivity (Wildman–Crippen MR) is 99.1 cm³/mol. The normalized spacial score (nSPS) is 14.1. The molecule has 8 heteroatoms. The van der Waals surface area contributed by atoms with Crippen LogP contribution in [-0.4, -0.2) is 60.4 Å². The van der Waals surface area contributed by atoms with Crippen molar-refractivity contribution in [1.82, 2.24) is 14.8 Å². The molecule has 1 aliphatic heterocycles. The summed E-state index contributed by atoms with van der Waals surface area (Å²) >= 11 is 6.11. The monoisotopic (exact) mass is 374 g/mol. The summed E-state index contributed by atoms with van der Waals surface area (Å²) in [6.45, 7) is 2.17. The van der Waals surface area contributed by atoms with Crippen molar-refractivity contribution >= 4 is 35.4 Å². The Morgan fingerprint density at radius 3 is 2.58 bits per heavy atom. The van der Waals surface area contributed by atoms with Crippen molar-refractivity contribution in [3.05, 3.63) is 47.1 Å². The molecule has 1 aliphatic rings. The third-order valence-electron chi connectivity index (χ3n) is 4.19. The van der Waals surface area contributed by atoms with Crippen LogP contribution in [0.4, 0.5) is 11.5 Å². The minimum atomic E-state index is -0.0814. The molecule has 0 aliphatic carbocycles. The van der Waals surface area contributed by atoms with Crippen molar-refractivity contribution < 1.29 is 14.3 Å². The zero-order chi connectivity index (χ0) is 18.5. The fourth-order valence-corrected chi connectivity index (χ4v) is 2.96. The number of hydrogen-bond donors (Lipinski definition) is 1. The van der Waals surface area contributed by atoms with Crippen molar-refractivity contribution in [3.63, 3.8) is 0 Å². The molecule has 136 valence electrons. The van der Waals surface area contributed by atoms with Crippen LogP contribution in [0, 0.1) is 0 Å². The Morgan fingerprint density at radius 1 is 1.23 bits per heavy atom. The van der Waals surface area contributed by atoms with E-state index in [1.807, 2.05) is 6.07 Å². The Bertz CT molecular complexity index is 790. The van der Waals surface area contributed by atoms with Gasteiger partial charge in [0.25, 0.3) is 5.91 Å². The van der Waals surface area contributed by atoms with E-state index in [2.05, 4.69) is 10.3 Å². The Balaban J connectivity index is 1.64. The number of piperazine rings is 1. The predicted octanol–water partition coefficient (Wildman–Crippen LogP) is 2.40. The molecule has 1 saturated heterocycles. The molecule has 0 spiro atoms. The number of methoxy groups -OCH3 is 1. The average Bonchev–Trinajstić information content (AvgIpc) is 2.68. The lowest BCUT2D eigenvalue weighted by Gasteiger charge is -2.32. The molecule has 1 aromatic heterocycles. The van der Waals surface area contributed by atoms with Gasteiger partial charge in [-0.15, -0.1) is 0 Å². The van der Waals surface area contributed by atoms with E-state index < -0.39 is 0 Å². The number of carbonyl (C=O) groups is 2. The van der Waals surface area contributed by atoms with Gasteiger partial charge in [0.2, 0.25) is 6.41 Å².